The second kappa shape index (κ2) is 6.39. The largest absolute Gasteiger partial charge is 0.345 e. The Morgan fingerprint density at radius 3 is 2.59 bits per heavy atom. The van der Waals surface area contributed by atoms with Crippen LogP contribution in [0.4, 0.5) is 0 Å². The third kappa shape index (κ3) is 3.98. The van der Waals surface area contributed by atoms with Gasteiger partial charge in [0.15, 0.2) is 0 Å². The van der Waals surface area contributed by atoms with Crippen molar-refractivity contribution >= 4 is 5.91 Å². The number of rotatable bonds is 4. The lowest BCUT2D eigenvalue weighted by Crippen LogP contribution is -2.36. The van der Waals surface area contributed by atoms with Crippen molar-refractivity contribution < 1.29 is 4.79 Å². The van der Waals surface area contributed by atoms with Crippen molar-refractivity contribution in [1.82, 2.24) is 10.2 Å². The molecule has 98 valence electrons. The third-order valence-corrected chi connectivity index (χ3v) is 4.27. The van der Waals surface area contributed by atoms with Gasteiger partial charge in [-0.3, -0.25) is 4.79 Å². The zero-order valence-electron chi connectivity index (χ0n) is 11.1. The average molecular weight is 238 g/mol. The highest BCUT2D eigenvalue weighted by Gasteiger charge is 2.22. The highest BCUT2D eigenvalue weighted by molar-refractivity contribution is 5.76. The van der Waals surface area contributed by atoms with Gasteiger partial charge in [0.1, 0.15) is 0 Å². The molecule has 1 saturated carbocycles. The fourth-order valence-corrected chi connectivity index (χ4v) is 3.16. The third-order valence-electron chi connectivity index (χ3n) is 4.27. The SMILES string of the molecule is CN(CC1CCCCC1)C(=O)CC1CCCN1. The zero-order chi connectivity index (χ0) is 12.1. The summed E-state index contributed by atoms with van der Waals surface area (Å²) in [5.74, 6) is 1.09. The molecule has 1 saturated heterocycles. The van der Waals surface area contributed by atoms with E-state index in [0.717, 1.165) is 19.0 Å². The van der Waals surface area contributed by atoms with Crippen LogP contribution in [0, 0.1) is 5.92 Å². The maximum absolute atomic E-state index is 12.1. The molecule has 0 aromatic heterocycles. The van der Waals surface area contributed by atoms with Gasteiger partial charge in [-0.15, -0.1) is 0 Å². The predicted octanol–water partition coefficient (Wildman–Crippen LogP) is 2.17. The molecule has 2 aliphatic rings. The number of hydrogen-bond acceptors (Lipinski definition) is 2. The first-order valence-corrected chi connectivity index (χ1v) is 7.23. The summed E-state index contributed by atoms with van der Waals surface area (Å²) in [7, 11) is 1.98. The van der Waals surface area contributed by atoms with Crippen molar-refractivity contribution in [3.05, 3.63) is 0 Å². The predicted molar refractivity (Wildman–Crippen MR) is 69.9 cm³/mol. The van der Waals surface area contributed by atoms with Crippen LogP contribution in [0.3, 0.4) is 0 Å². The number of amides is 1. The minimum absolute atomic E-state index is 0.329. The Balaban J connectivity index is 1.70. The fourth-order valence-electron chi connectivity index (χ4n) is 3.16. The molecule has 0 spiro atoms. The Morgan fingerprint density at radius 1 is 1.18 bits per heavy atom. The number of carbonyl (C=O) groups excluding carboxylic acids is 1. The number of nitrogens with zero attached hydrogens (tertiary/aromatic N) is 1. The summed E-state index contributed by atoms with van der Waals surface area (Å²) in [6.45, 7) is 2.07. The molecule has 1 aliphatic heterocycles. The van der Waals surface area contributed by atoms with Crippen LogP contribution < -0.4 is 5.32 Å². The van der Waals surface area contributed by atoms with Crippen molar-refractivity contribution in [2.75, 3.05) is 20.1 Å². The van der Waals surface area contributed by atoms with E-state index >= 15 is 0 Å². The molecule has 1 amide bonds. The Hall–Kier alpha value is -0.570. The highest BCUT2D eigenvalue weighted by atomic mass is 16.2. The molecule has 3 heteroatoms. The van der Waals surface area contributed by atoms with Crippen molar-refractivity contribution in [2.24, 2.45) is 5.92 Å². The smallest absolute Gasteiger partial charge is 0.223 e. The van der Waals surface area contributed by atoms with Crippen LogP contribution in [0.5, 0.6) is 0 Å². The Bertz CT molecular complexity index is 243. The van der Waals surface area contributed by atoms with E-state index in [0.29, 0.717) is 18.4 Å². The lowest BCUT2D eigenvalue weighted by molar-refractivity contribution is -0.131. The maximum Gasteiger partial charge on any atom is 0.223 e. The van der Waals surface area contributed by atoms with E-state index < -0.39 is 0 Å². The maximum atomic E-state index is 12.1. The fraction of sp³-hybridized carbons (Fsp3) is 0.929. The quantitative estimate of drug-likeness (QED) is 0.814. The van der Waals surface area contributed by atoms with Gasteiger partial charge in [-0.1, -0.05) is 19.3 Å². The van der Waals surface area contributed by atoms with Gasteiger partial charge in [0.05, 0.1) is 0 Å². The molecule has 1 unspecified atom stereocenters. The molecule has 1 N–H and O–H groups in total. The van der Waals surface area contributed by atoms with Gasteiger partial charge in [-0.25, -0.2) is 0 Å². The number of hydrogen-bond donors (Lipinski definition) is 1. The van der Waals surface area contributed by atoms with Crippen molar-refractivity contribution in [2.45, 2.75) is 57.4 Å². The molecule has 1 heterocycles. The Labute approximate surface area is 105 Å². The topological polar surface area (TPSA) is 32.3 Å². The van der Waals surface area contributed by atoms with E-state index in [2.05, 4.69) is 5.32 Å². The molecule has 3 nitrogen and oxygen atoms in total. The van der Waals surface area contributed by atoms with E-state index in [1.54, 1.807) is 0 Å². The van der Waals surface area contributed by atoms with Crippen LogP contribution in [0.25, 0.3) is 0 Å². The zero-order valence-corrected chi connectivity index (χ0v) is 11.1. The van der Waals surface area contributed by atoms with Gasteiger partial charge >= 0.3 is 0 Å². The van der Waals surface area contributed by atoms with E-state index in [-0.39, 0.29) is 0 Å². The summed E-state index contributed by atoms with van der Waals surface area (Å²) >= 11 is 0. The van der Waals surface area contributed by atoms with Gasteiger partial charge in [0.25, 0.3) is 0 Å². The second-order valence-electron chi connectivity index (χ2n) is 5.78. The van der Waals surface area contributed by atoms with E-state index in [4.69, 9.17) is 0 Å². The Morgan fingerprint density at radius 2 is 1.94 bits per heavy atom. The van der Waals surface area contributed by atoms with E-state index in [1.807, 2.05) is 11.9 Å². The molecule has 2 fully saturated rings. The molecular formula is C14H26N2O. The number of carbonyl (C=O) groups is 1. The molecule has 1 aliphatic carbocycles. The standard InChI is InChI=1S/C14H26N2O/c1-16(11-12-6-3-2-4-7-12)14(17)10-13-8-5-9-15-13/h12-13,15H,2-11H2,1H3. The van der Waals surface area contributed by atoms with E-state index in [1.165, 1.54) is 44.9 Å². The first-order chi connectivity index (χ1) is 8.25. The van der Waals surface area contributed by atoms with Crippen molar-refractivity contribution in [1.29, 1.82) is 0 Å². The number of nitrogens with one attached hydrogen (secondary N) is 1. The summed E-state index contributed by atoms with van der Waals surface area (Å²) in [4.78, 5) is 14.0. The summed E-state index contributed by atoms with van der Waals surface area (Å²) in [5.41, 5.74) is 0. The summed E-state index contributed by atoms with van der Waals surface area (Å²) < 4.78 is 0. The van der Waals surface area contributed by atoms with Crippen LogP contribution in [0.2, 0.25) is 0 Å². The van der Waals surface area contributed by atoms with Gasteiger partial charge in [-0.05, 0) is 38.1 Å². The van der Waals surface area contributed by atoms with Gasteiger partial charge in [0.2, 0.25) is 5.91 Å². The second-order valence-corrected chi connectivity index (χ2v) is 5.78. The highest BCUT2D eigenvalue weighted by Crippen LogP contribution is 2.24. The van der Waals surface area contributed by atoms with Crippen molar-refractivity contribution in [3.63, 3.8) is 0 Å². The minimum Gasteiger partial charge on any atom is -0.345 e. The minimum atomic E-state index is 0.329. The lowest BCUT2D eigenvalue weighted by atomic mass is 9.89. The average Bonchev–Trinajstić information content (AvgIpc) is 2.83. The normalized spacial score (nSPS) is 26.1. The van der Waals surface area contributed by atoms with Crippen molar-refractivity contribution in [3.8, 4) is 0 Å². The molecule has 0 radical (unpaired) electrons. The summed E-state index contributed by atoms with van der Waals surface area (Å²) in [5, 5.41) is 3.40. The van der Waals surface area contributed by atoms with Crippen LogP contribution in [-0.2, 0) is 4.79 Å². The van der Waals surface area contributed by atoms with Crippen LogP contribution in [0.15, 0.2) is 0 Å². The molecule has 0 bridgehead atoms. The molecule has 2 rings (SSSR count). The molecule has 0 aromatic rings. The molecule has 1 atom stereocenters. The van der Waals surface area contributed by atoms with E-state index in [9.17, 15) is 4.79 Å². The first kappa shape index (κ1) is 12.9. The monoisotopic (exact) mass is 238 g/mol. The molecule has 17 heavy (non-hydrogen) atoms. The van der Waals surface area contributed by atoms with Gasteiger partial charge in [0, 0.05) is 26.1 Å². The summed E-state index contributed by atoms with van der Waals surface area (Å²) in [6, 6.07) is 0.441. The first-order valence-electron chi connectivity index (χ1n) is 7.23. The Kier molecular flexibility index (Phi) is 4.84. The van der Waals surface area contributed by atoms with Crippen LogP contribution in [0.1, 0.15) is 51.4 Å². The van der Waals surface area contributed by atoms with Crippen LogP contribution >= 0.6 is 0 Å². The van der Waals surface area contributed by atoms with Gasteiger partial charge < -0.3 is 10.2 Å². The van der Waals surface area contributed by atoms with Gasteiger partial charge in [-0.2, -0.15) is 0 Å². The molecule has 0 aromatic carbocycles. The summed E-state index contributed by atoms with van der Waals surface area (Å²) in [6.07, 6.45) is 9.84. The lowest BCUT2D eigenvalue weighted by Gasteiger charge is -2.27. The molecular weight excluding hydrogens is 212 g/mol. The van der Waals surface area contributed by atoms with Crippen LogP contribution in [-0.4, -0.2) is 37.0 Å².